The number of nitrogens with zero attached hydrogens (tertiary/aromatic N) is 3. The Bertz CT molecular complexity index is 4120. The number of hydrogen-bond donors (Lipinski definition) is 0. The first-order valence-electron chi connectivity index (χ1n) is 28.5. The van der Waals surface area contributed by atoms with Gasteiger partial charge in [0.25, 0.3) is 0 Å². The van der Waals surface area contributed by atoms with Crippen molar-refractivity contribution in [3.63, 3.8) is 0 Å². The molecule has 2 heterocycles. The van der Waals surface area contributed by atoms with E-state index in [0.717, 1.165) is 46.2 Å². The molecule has 82 heavy (non-hydrogen) atoms. The number of benzene rings is 12. The normalized spacial score (nSPS) is 12.4. The van der Waals surface area contributed by atoms with Crippen LogP contribution in [0.25, 0.3) is 78.3 Å². The smallest absolute Gasteiger partial charge is 0.0756 e. The Morgan fingerprint density at radius 2 is 0.683 bits per heavy atom. The average Bonchev–Trinajstić information content (AvgIpc) is 1.76. The second-order valence-corrected chi connectivity index (χ2v) is 21.5. The largest absolute Gasteiger partial charge is 0.310 e. The molecule has 2 aliphatic rings. The second-order valence-electron chi connectivity index (χ2n) is 21.5. The molecular weight excluding hydrogens is 991 g/mol. The molecule has 1 aliphatic carbocycles. The number of aryl methyl sites for hydroxylation is 1. The molecule has 0 fully saturated rings. The van der Waals surface area contributed by atoms with E-state index in [9.17, 15) is 0 Å². The lowest BCUT2D eigenvalue weighted by Crippen LogP contribution is -2.34. The number of fused-ring (bicyclic) bond motifs is 9. The first-order valence-corrected chi connectivity index (χ1v) is 28.5. The van der Waals surface area contributed by atoms with Crippen molar-refractivity contribution in [1.29, 1.82) is 0 Å². The molecule has 1 aromatic heterocycles. The summed E-state index contributed by atoms with van der Waals surface area (Å²) >= 11 is 0. The molecule has 0 saturated carbocycles. The molecule has 0 N–H and O–H groups in total. The summed E-state index contributed by atoms with van der Waals surface area (Å²) in [5.74, 6) is 0. The van der Waals surface area contributed by atoms with Crippen LogP contribution in [0.5, 0.6) is 0 Å². The van der Waals surface area contributed by atoms with Crippen LogP contribution in [0.15, 0.2) is 304 Å². The summed E-state index contributed by atoms with van der Waals surface area (Å²) in [6, 6.07) is 110. The van der Waals surface area contributed by atoms with E-state index in [4.69, 9.17) is 0 Å². The molecule has 1 aliphatic heterocycles. The van der Waals surface area contributed by atoms with Gasteiger partial charge in [0.05, 0.1) is 16.6 Å². The zero-order valence-corrected chi connectivity index (χ0v) is 45.6. The van der Waals surface area contributed by atoms with Crippen molar-refractivity contribution in [2.45, 2.75) is 18.8 Å². The van der Waals surface area contributed by atoms with Gasteiger partial charge in [-0.15, -0.1) is 0 Å². The van der Waals surface area contributed by atoms with Crippen molar-refractivity contribution >= 4 is 51.1 Å². The van der Waals surface area contributed by atoms with Gasteiger partial charge in [-0.3, -0.25) is 0 Å². The molecule has 0 amide bonds. The maximum Gasteiger partial charge on any atom is 0.0756 e. The third-order valence-corrected chi connectivity index (χ3v) is 17.2. The highest BCUT2D eigenvalue weighted by Crippen LogP contribution is 2.62. The monoisotopic (exact) mass is 1050 g/mol. The van der Waals surface area contributed by atoms with Crippen LogP contribution in [-0.4, -0.2) is 4.57 Å². The van der Waals surface area contributed by atoms with Crippen LogP contribution in [0.1, 0.15) is 40.4 Å². The number of rotatable bonds is 12. The van der Waals surface area contributed by atoms with E-state index >= 15 is 0 Å². The summed E-state index contributed by atoms with van der Waals surface area (Å²) in [5, 5.41) is 1.27. The van der Waals surface area contributed by atoms with Crippen LogP contribution in [0, 0.1) is 0 Å². The van der Waals surface area contributed by atoms with Gasteiger partial charge in [0, 0.05) is 45.2 Å². The standard InChI is InChI=1S/C79H57N3/c1-3-68-71-28-19-30-73-78(71)82(76(68)4-2)77-31-18-17-29-72(77)79(73)74-52-66(80(62-40-32-58(33-41-62)54-20-9-5-10-21-54)63-42-34-59(35-43-63)55-22-11-6-12-23-55)48-50-69(74)70-51-49-67(53-75(70)79)81(64-44-36-60(37-45-64)56-24-13-7-14-25-56)65-46-38-61(39-47-65)57-26-15-8-16-27-57/h4-53H,2-3H2,1H3. The summed E-state index contributed by atoms with van der Waals surface area (Å²) < 4.78 is 2.51. The number of aromatic nitrogens is 1. The number of para-hydroxylation sites is 2. The molecule has 3 heteroatoms. The Hall–Kier alpha value is -10.5. The Balaban J connectivity index is 0.972. The van der Waals surface area contributed by atoms with Crippen molar-refractivity contribution in [3.8, 4) is 61.3 Å². The predicted molar refractivity (Wildman–Crippen MR) is 345 cm³/mol. The van der Waals surface area contributed by atoms with E-state index in [2.05, 4.69) is 331 Å². The minimum absolute atomic E-state index is 0.745. The number of anilines is 6. The SMILES string of the molecule is C=Cc1c(CC)c2cccc3c2n1-c1ccccc1C31c2cc(N(c3ccc(-c4ccccc4)cc3)c3ccc(-c4ccccc4)cc3)ccc2-c2ccc(N(c3ccc(-c4ccccc4)cc3)c3ccc(-c4ccccc4)cc3)cc21. The minimum atomic E-state index is -0.745. The van der Waals surface area contributed by atoms with E-state index in [1.807, 2.05) is 0 Å². The molecule has 15 rings (SSSR count). The molecule has 0 saturated heterocycles. The quantitative estimate of drug-likeness (QED) is 0.121. The van der Waals surface area contributed by atoms with Crippen molar-refractivity contribution < 1.29 is 0 Å². The van der Waals surface area contributed by atoms with Gasteiger partial charge in [0.15, 0.2) is 0 Å². The average molecular weight is 1050 g/mol. The minimum Gasteiger partial charge on any atom is -0.310 e. The third kappa shape index (κ3) is 7.80. The van der Waals surface area contributed by atoms with Crippen molar-refractivity contribution in [2.24, 2.45) is 0 Å². The molecule has 13 aromatic rings. The topological polar surface area (TPSA) is 11.4 Å². The van der Waals surface area contributed by atoms with Crippen LogP contribution in [0.2, 0.25) is 0 Å². The van der Waals surface area contributed by atoms with Crippen LogP contribution in [0.3, 0.4) is 0 Å². The third-order valence-electron chi connectivity index (χ3n) is 17.2. The van der Waals surface area contributed by atoms with E-state index in [-0.39, 0.29) is 0 Å². The Kier molecular flexibility index (Phi) is 11.9. The summed E-state index contributed by atoms with van der Waals surface area (Å²) in [5.41, 5.74) is 27.5. The van der Waals surface area contributed by atoms with Crippen LogP contribution < -0.4 is 9.80 Å². The highest BCUT2D eigenvalue weighted by atomic mass is 15.1. The van der Waals surface area contributed by atoms with Crippen molar-refractivity contribution in [1.82, 2.24) is 4.57 Å². The van der Waals surface area contributed by atoms with E-state index in [1.165, 1.54) is 100 Å². The van der Waals surface area contributed by atoms with Gasteiger partial charge in [-0.25, -0.2) is 0 Å². The predicted octanol–water partition coefficient (Wildman–Crippen LogP) is 21.1. The summed E-state index contributed by atoms with van der Waals surface area (Å²) in [7, 11) is 0. The Labute approximate surface area is 480 Å². The van der Waals surface area contributed by atoms with Gasteiger partial charge in [-0.2, -0.15) is 0 Å². The first kappa shape index (κ1) is 48.6. The summed E-state index contributed by atoms with van der Waals surface area (Å²) in [4.78, 5) is 4.88. The Morgan fingerprint density at radius 1 is 0.341 bits per heavy atom. The van der Waals surface area contributed by atoms with Gasteiger partial charge in [0.1, 0.15) is 0 Å². The lowest BCUT2D eigenvalue weighted by atomic mass is 9.65. The van der Waals surface area contributed by atoms with Gasteiger partial charge in [-0.1, -0.05) is 232 Å². The fraction of sp³-hybridized carbons (Fsp3) is 0.0380. The van der Waals surface area contributed by atoms with Crippen LogP contribution in [0.4, 0.5) is 34.1 Å². The maximum absolute atomic E-state index is 4.47. The zero-order chi connectivity index (χ0) is 54.7. The zero-order valence-electron chi connectivity index (χ0n) is 45.6. The van der Waals surface area contributed by atoms with Crippen molar-refractivity contribution in [3.05, 3.63) is 337 Å². The summed E-state index contributed by atoms with van der Waals surface area (Å²) in [6.45, 7) is 6.74. The first-order chi connectivity index (χ1) is 40.6. The molecular formula is C79H57N3. The lowest BCUT2D eigenvalue weighted by molar-refractivity contribution is 0.744. The molecule has 0 unspecified atom stereocenters. The Morgan fingerprint density at radius 3 is 1.06 bits per heavy atom. The lowest BCUT2D eigenvalue weighted by Gasteiger charge is -2.40. The van der Waals surface area contributed by atoms with Gasteiger partial charge < -0.3 is 14.4 Å². The van der Waals surface area contributed by atoms with Crippen molar-refractivity contribution in [2.75, 3.05) is 9.80 Å². The molecule has 1 spiro atoms. The fourth-order valence-electron chi connectivity index (χ4n) is 13.5. The maximum atomic E-state index is 4.47. The molecule has 12 aromatic carbocycles. The van der Waals surface area contributed by atoms with Gasteiger partial charge in [-0.05, 0) is 175 Å². The number of hydrogen-bond acceptors (Lipinski definition) is 2. The van der Waals surface area contributed by atoms with E-state index < -0.39 is 5.41 Å². The molecule has 3 nitrogen and oxygen atoms in total. The highest BCUT2D eigenvalue weighted by Gasteiger charge is 2.51. The van der Waals surface area contributed by atoms with Gasteiger partial charge >= 0.3 is 0 Å². The second kappa shape index (κ2) is 20.0. The highest BCUT2D eigenvalue weighted by molar-refractivity contribution is 6.01. The molecule has 0 radical (unpaired) electrons. The molecule has 0 atom stereocenters. The molecule has 388 valence electrons. The fourth-order valence-corrected chi connectivity index (χ4v) is 13.5. The van der Waals surface area contributed by atoms with E-state index in [0.29, 0.717) is 0 Å². The molecule has 0 bridgehead atoms. The van der Waals surface area contributed by atoms with Crippen LogP contribution >= 0.6 is 0 Å². The van der Waals surface area contributed by atoms with Crippen LogP contribution in [-0.2, 0) is 11.8 Å². The van der Waals surface area contributed by atoms with E-state index in [1.54, 1.807) is 0 Å². The summed E-state index contributed by atoms with van der Waals surface area (Å²) in [6.07, 6.45) is 2.95. The van der Waals surface area contributed by atoms with Gasteiger partial charge in [0.2, 0.25) is 0 Å².